The van der Waals surface area contributed by atoms with Crippen LogP contribution in [0.3, 0.4) is 0 Å². The second-order valence-corrected chi connectivity index (χ2v) is 10.6. The zero-order chi connectivity index (χ0) is 28.8. The first-order valence-corrected chi connectivity index (χ1v) is 13.3. The molecular formula is C29H38N4O6. The molecule has 2 fully saturated rings. The Hall–Kier alpha value is -3.55. The summed E-state index contributed by atoms with van der Waals surface area (Å²) in [6.07, 6.45) is 17.3. The summed E-state index contributed by atoms with van der Waals surface area (Å²) in [5.41, 5.74) is -2.07. The molecule has 0 amide bonds. The molecule has 0 radical (unpaired) electrons. The molecule has 10 heteroatoms. The Labute approximate surface area is 229 Å². The van der Waals surface area contributed by atoms with Gasteiger partial charge >= 0.3 is 17.9 Å². The summed E-state index contributed by atoms with van der Waals surface area (Å²) >= 11 is 0. The average Bonchev–Trinajstić information content (AvgIpc) is 2.92. The Morgan fingerprint density at radius 2 is 1.72 bits per heavy atom. The number of aromatic nitrogens is 1. The Bertz CT molecular complexity index is 1140. The van der Waals surface area contributed by atoms with E-state index >= 15 is 0 Å². The number of hydrogen-bond acceptors (Lipinski definition) is 7. The van der Waals surface area contributed by atoms with E-state index in [9.17, 15) is 29.7 Å². The number of hydrogen-bond donors (Lipinski definition) is 3. The van der Waals surface area contributed by atoms with Crippen LogP contribution in [0, 0.1) is 23.7 Å². The van der Waals surface area contributed by atoms with Crippen LogP contribution >= 0.6 is 0 Å². The summed E-state index contributed by atoms with van der Waals surface area (Å²) in [6.45, 7) is 1.87. The number of aliphatic carboxylic acids is 3. The van der Waals surface area contributed by atoms with Crippen LogP contribution in [0.15, 0.2) is 41.2 Å². The van der Waals surface area contributed by atoms with Crippen LogP contribution in [-0.4, -0.2) is 86.4 Å². The van der Waals surface area contributed by atoms with Gasteiger partial charge in [0.2, 0.25) is 0 Å². The van der Waals surface area contributed by atoms with E-state index in [-0.39, 0.29) is 19.5 Å². The highest BCUT2D eigenvalue weighted by molar-refractivity contribution is 5.84. The summed E-state index contributed by atoms with van der Waals surface area (Å²) in [5.74, 6) is -3.35. The maximum Gasteiger partial charge on any atom is 0.320 e. The molecule has 10 nitrogen and oxygen atoms in total. The summed E-state index contributed by atoms with van der Waals surface area (Å²) < 4.78 is 0. The van der Waals surface area contributed by atoms with Crippen molar-refractivity contribution in [2.75, 3.05) is 20.1 Å². The number of carboxylic acids is 3. The Balaban J connectivity index is 0.00000205. The first kappa shape index (κ1) is 30.0. The first-order valence-electron chi connectivity index (χ1n) is 13.3. The molecule has 0 saturated carbocycles. The number of allylic oxidation sites excluding steroid dienone is 1. The van der Waals surface area contributed by atoms with Gasteiger partial charge in [-0.3, -0.25) is 34.2 Å². The molecule has 3 aliphatic heterocycles. The van der Waals surface area contributed by atoms with Gasteiger partial charge in [0, 0.05) is 25.5 Å². The van der Waals surface area contributed by atoms with Crippen molar-refractivity contribution < 1.29 is 29.7 Å². The largest absolute Gasteiger partial charge is 0.481 e. The highest BCUT2D eigenvalue weighted by Crippen LogP contribution is 2.59. The lowest BCUT2D eigenvalue weighted by Crippen LogP contribution is -2.73. The Morgan fingerprint density at radius 3 is 2.23 bits per heavy atom. The zero-order valence-electron chi connectivity index (χ0n) is 22.6. The third kappa shape index (κ3) is 5.47. The van der Waals surface area contributed by atoms with Gasteiger partial charge in [-0.1, -0.05) is 38.3 Å². The fraction of sp³-hybridized carbons (Fsp3) is 0.552. The number of unbranched alkanes of at least 4 members (excludes halogenated alkanes) is 2. The average molecular weight is 539 g/mol. The molecule has 4 rings (SSSR count). The molecule has 2 bridgehead atoms. The third-order valence-electron chi connectivity index (χ3n) is 8.26. The standard InChI is InChI=1S/C27H36N4O6.C2H2/c1-3-4-5-12-20(23(32)33)31-16-26(24(34)35)15-27(17-31,25(36)37)22(19-11-7-9-14-29-19)30(2)21(26)18-10-6-8-13-28-18;1-2/h6,8,10-11,13-14,20-22H,3-5,7,9,12,15-17H2,1-2H3,(H,32,33)(H,34,35)(H,36,37);1-2H. The van der Waals surface area contributed by atoms with Crippen LogP contribution in [0.2, 0.25) is 0 Å². The van der Waals surface area contributed by atoms with Gasteiger partial charge in [0.1, 0.15) is 16.9 Å². The fourth-order valence-corrected chi connectivity index (χ4v) is 6.77. The zero-order valence-corrected chi connectivity index (χ0v) is 22.6. The van der Waals surface area contributed by atoms with Crippen LogP contribution in [0.1, 0.15) is 63.6 Å². The lowest BCUT2D eigenvalue weighted by atomic mass is 9.55. The number of nitrogens with zero attached hydrogens (tertiary/aromatic N) is 4. The van der Waals surface area contributed by atoms with Gasteiger partial charge in [0.15, 0.2) is 0 Å². The molecule has 1 aromatic heterocycles. The number of rotatable bonds is 10. The molecule has 1 aromatic rings. The van der Waals surface area contributed by atoms with E-state index in [2.05, 4.69) is 22.8 Å². The molecule has 0 aliphatic carbocycles. The highest BCUT2D eigenvalue weighted by atomic mass is 16.4. The number of likely N-dealkylation sites (N-methyl/N-ethyl adjacent to an activating group) is 1. The van der Waals surface area contributed by atoms with Crippen LogP contribution in [0.25, 0.3) is 0 Å². The van der Waals surface area contributed by atoms with Crippen molar-refractivity contribution in [1.82, 2.24) is 14.8 Å². The van der Waals surface area contributed by atoms with E-state index in [4.69, 9.17) is 0 Å². The molecule has 5 unspecified atom stereocenters. The first-order chi connectivity index (χ1) is 18.7. The second kappa shape index (κ2) is 12.5. The fourth-order valence-electron chi connectivity index (χ4n) is 6.77. The minimum absolute atomic E-state index is 0.0722. The summed E-state index contributed by atoms with van der Waals surface area (Å²) in [7, 11) is 1.75. The maximum absolute atomic E-state index is 13.2. The lowest BCUT2D eigenvalue weighted by molar-refractivity contribution is -0.203. The minimum Gasteiger partial charge on any atom is -0.481 e. The van der Waals surface area contributed by atoms with E-state index in [1.165, 1.54) is 0 Å². The van der Waals surface area contributed by atoms with Crippen molar-refractivity contribution >= 4 is 24.1 Å². The molecule has 0 aromatic carbocycles. The number of pyridine rings is 1. The second-order valence-electron chi connectivity index (χ2n) is 10.6. The van der Waals surface area contributed by atoms with Gasteiger partial charge < -0.3 is 15.3 Å². The molecule has 4 heterocycles. The van der Waals surface area contributed by atoms with E-state index < -0.39 is 46.9 Å². The smallest absolute Gasteiger partial charge is 0.320 e. The monoisotopic (exact) mass is 538 g/mol. The number of fused-ring (bicyclic) bond motifs is 2. The molecule has 3 N–H and O–H groups in total. The van der Waals surface area contributed by atoms with Gasteiger partial charge in [-0.2, -0.15) is 0 Å². The van der Waals surface area contributed by atoms with Crippen LogP contribution in [-0.2, 0) is 14.4 Å². The number of likely N-dealkylation sites (tertiary alicyclic amines) is 2. The predicted molar refractivity (Wildman–Crippen MR) is 146 cm³/mol. The summed E-state index contributed by atoms with van der Waals surface area (Å²) in [5, 5.41) is 31.7. The quantitative estimate of drug-likeness (QED) is 0.302. The normalized spacial score (nSPS) is 29.4. The van der Waals surface area contributed by atoms with Gasteiger partial charge in [-0.25, -0.2) is 0 Å². The molecule has 2 saturated heterocycles. The Morgan fingerprint density at radius 1 is 1.05 bits per heavy atom. The molecule has 39 heavy (non-hydrogen) atoms. The van der Waals surface area contributed by atoms with Crippen molar-refractivity contribution in [2.24, 2.45) is 15.8 Å². The SMILES string of the molecule is C#C.CCCCCC(C(=O)O)N1CC2(C(=O)O)CC(C(=O)O)(C1)C(c1ccccn1)N(C)C2C1=CCCC=N1. The van der Waals surface area contributed by atoms with E-state index in [0.717, 1.165) is 19.3 Å². The van der Waals surface area contributed by atoms with Gasteiger partial charge in [0.25, 0.3) is 0 Å². The van der Waals surface area contributed by atoms with Crippen LogP contribution in [0.4, 0.5) is 0 Å². The number of carboxylic acid groups (broad SMARTS) is 3. The van der Waals surface area contributed by atoms with E-state index in [1.807, 2.05) is 17.9 Å². The van der Waals surface area contributed by atoms with E-state index in [0.29, 0.717) is 30.7 Å². The molecular weight excluding hydrogens is 500 g/mol. The maximum atomic E-state index is 13.2. The molecule has 210 valence electrons. The third-order valence-corrected chi connectivity index (χ3v) is 8.26. The van der Waals surface area contributed by atoms with Crippen LogP contribution in [0.5, 0.6) is 0 Å². The van der Waals surface area contributed by atoms with Gasteiger partial charge in [0.05, 0.1) is 23.5 Å². The number of terminal acetylenes is 1. The lowest BCUT2D eigenvalue weighted by Gasteiger charge is -2.62. The van der Waals surface area contributed by atoms with Crippen molar-refractivity contribution in [2.45, 2.75) is 70.0 Å². The Kier molecular flexibility index (Phi) is 9.64. The summed E-state index contributed by atoms with van der Waals surface area (Å²) in [6, 6.07) is 2.76. The van der Waals surface area contributed by atoms with Crippen molar-refractivity contribution in [3.63, 3.8) is 0 Å². The predicted octanol–water partition coefficient (Wildman–Crippen LogP) is 3.32. The number of carbonyl (C=O) groups is 3. The van der Waals surface area contributed by atoms with E-state index in [1.54, 1.807) is 42.6 Å². The molecule has 3 aliphatic rings. The number of piperidine rings is 2. The minimum atomic E-state index is -1.59. The van der Waals surface area contributed by atoms with Crippen molar-refractivity contribution in [3.05, 3.63) is 41.9 Å². The van der Waals surface area contributed by atoms with Gasteiger partial charge in [-0.05, 0) is 44.9 Å². The van der Waals surface area contributed by atoms with Crippen molar-refractivity contribution in [1.29, 1.82) is 0 Å². The topological polar surface area (TPSA) is 144 Å². The highest BCUT2D eigenvalue weighted by Gasteiger charge is 2.69. The van der Waals surface area contributed by atoms with Crippen molar-refractivity contribution in [3.8, 4) is 12.8 Å². The van der Waals surface area contributed by atoms with Crippen LogP contribution < -0.4 is 0 Å². The summed E-state index contributed by atoms with van der Waals surface area (Å²) in [4.78, 5) is 51.3. The molecule has 5 atom stereocenters. The van der Waals surface area contributed by atoms with Gasteiger partial charge in [-0.15, -0.1) is 12.8 Å². The molecule has 0 spiro atoms. The number of aliphatic imine (C=N–C) groups is 1.